The number of hydrogen-bond donors (Lipinski definition) is 5. The molecular weight excluding hydrogens is 218 g/mol. The molecule has 0 aliphatic carbocycles. The molecule has 0 bridgehead atoms. The summed E-state index contributed by atoms with van der Waals surface area (Å²) in [4.78, 5) is 32.4. The van der Waals surface area contributed by atoms with Gasteiger partial charge >= 0.3 is 12.0 Å². The smallest absolute Gasteiger partial charge is 0.326 e. The van der Waals surface area contributed by atoms with Gasteiger partial charge in [0.2, 0.25) is 5.91 Å². The SMILES string of the molecule is CC(NC(N)=O)C(=O)NC(CCO)C(=O)O. The Morgan fingerprint density at radius 2 is 1.88 bits per heavy atom. The normalized spacial score (nSPS) is 13.6. The molecule has 0 aromatic carbocycles. The zero-order valence-electron chi connectivity index (χ0n) is 8.77. The highest BCUT2D eigenvalue weighted by Crippen LogP contribution is 1.93. The van der Waals surface area contributed by atoms with E-state index in [4.69, 9.17) is 15.9 Å². The summed E-state index contributed by atoms with van der Waals surface area (Å²) in [6.07, 6.45) is -0.107. The van der Waals surface area contributed by atoms with Crippen molar-refractivity contribution >= 4 is 17.9 Å². The summed E-state index contributed by atoms with van der Waals surface area (Å²) < 4.78 is 0. The molecule has 8 nitrogen and oxygen atoms in total. The average Bonchev–Trinajstić information content (AvgIpc) is 2.15. The maximum Gasteiger partial charge on any atom is 0.326 e. The van der Waals surface area contributed by atoms with Crippen LogP contribution in [0.25, 0.3) is 0 Å². The molecule has 0 saturated heterocycles. The van der Waals surface area contributed by atoms with E-state index in [1.54, 1.807) is 0 Å². The third-order valence-electron chi connectivity index (χ3n) is 1.78. The quantitative estimate of drug-likeness (QED) is 0.360. The van der Waals surface area contributed by atoms with E-state index < -0.39 is 30.0 Å². The lowest BCUT2D eigenvalue weighted by Crippen LogP contribution is -2.51. The van der Waals surface area contributed by atoms with Gasteiger partial charge in [-0.3, -0.25) is 4.79 Å². The molecule has 0 aromatic rings. The van der Waals surface area contributed by atoms with Crippen LogP contribution >= 0.6 is 0 Å². The lowest BCUT2D eigenvalue weighted by atomic mass is 10.2. The van der Waals surface area contributed by atoms with Crippen molar-refractivity contribution in [2.45, 2.75) is 25.4 Å². The van der Waals surface area contributed by atoms with Gasteiger partial charge in [0.1, 0.15) is 12.1 Å². The monoisotopic (exact) mass is 233 g/mol. The Balaban J connectivity index is 4.28. The first-order valence-corrected chi connectivity index (χ1v) is 4.58. The molecule has 0 heterocycles. The van der Waals surface area contributed by atoms with Crippen molar-refractivity contribution < 1.29 is 24.6 Å². The number of hydrogen-bond acceptors (Lipinski definition) is 4. The van der Waals surface area contributed by atoms with Crippen LogP contribution in [0.2, 0.25) is 0 Å². The Labute approximate surface area is 91.8 Å². The van der Waals surface area contributed by atoms with Gasteiger partial charge < -0.3 is 26.6 Å². The van der Waals surface area contributed by atoms with Crippen molar-refractivity contribution in [2.24, 2.45) is 5.73 Å². The van der Waals surface area contributed by atoms with E-state index in [-0.39, 0.29) is 13.0 Å². The predicted molar refractivity (Wildman–Crippen MR) is 53.5 cm³/mol. The Kier molecular flexibility index (Phi) is 5.86. The summed E-state index contributed by atoms with van der Waals surface area (Å²) in [5, 5.41) is 21.5. The number of aliphatic carboxylic acids is 1. The first-order chi connectivity index (χ1) is 7.38. The number of urea groups is 1. The van der Waals surface area contributed by atoms with E-state index in [2.05, 4.69) is 10.6 Å². The van der Waals surface area contributed by atoms with Gasteiger partial charge in [0.25, 0.3) is 0 Å². The second-order valence-corrected chi connectivity index (χ2v) is 3.14. The van der Waals surface area contributed by atoms with Gasteiger partial charge in [-0.05, 0) is 6.92 Å². The summed E-state index contributed by atoms with van der Waals surface area (Å²) >= 11 is 0. The van der Waals surface area contributed by atoms with Gasteiger partial charge in [-0.2, -0.15) is 0 Å². The van der Waals surface area contributed by atoms with Crippen LogP contribution in [-0.2, 0) is 9.59 Å². The first-order valence-electron chi connectivity index (χ1n) is 4.58. The lowest BCUT2D eigenvalue weighted by Gasteiger charge is -2.17. The summed E-state index contributed by atoms with van der Waals surface area (Å²) in [7, 11) is 0. The Morgan fingerprint density at radius 3 is 2.25 bits per heavy atom. The molecule has 92 valence electrons. The van der Waals surface area contributed by atoms with Crippen LogP contribution in [0.15, 0.2) is 0 Å². The maximum absolute atomic E-state index is 11.3. The summed E-state index contributed by atoms with van der Waals surface area (Å²) in [5.41, 5.74) is 4.79. The standard InChI is InChI=1S/C8H15N3O5/c1-4(10-8(9)16)6(13)11-5(2-3-12)7(14)15/h4-5,12H,2-3H2,1H3,(H,11,13)(H,14,15)(H3,9,10,16). The van der Waals surface area contributed by atoms with Crippen LogP contribution in [-0.4, -0.2) is 46.8 Å². The summed E-state index contributed by atoms with van der Waals surface area (Å²) in [6, 6.07) is -3.00. The molecule has 16 heavy (non-hydrogen) atoms. The minimum Gasteiger partial charge on any atom is -0.480 e. The first kappa shape index (κ1) is 14.2. The van der Waals surface area contributed by atoms with Crippen molar-refractivity contribution in [3.8, 4) is 0 Å². The number of aliphatic hydroxyl groups is 1. The number of carboxylic acid groups (broad SMARTS) is 1. The van der Waals surface area contributed by atoms with Gasteiger partial charge in [0.15, 0.2) is 0 Å². The van der Waals surface area contributed by atoms with Crippen molar-refractivity contribution in [3.05, 3.63) is 0 Å². The molecule has 8 heteroatoms. The molecule has 0 aliphatic heterocycles. The van der Waals surface area contributed by atoms with E-state index in [1.807, 2.05) is 0 Å². The molecule has 0 aromatic heterocycles. The summed E-state index contributed by atoms with van der Waals surface area (Å²) in [6.45, 7) is 0.993. The Bertz CT molecular complexity index is 281. The second-order valence-electron chi connectivity index (χ2n) is 3.14. The highest BCUT2D eigenvalue weighted by Gasteiger charge is 2.22. The van der Waals surface area contributed by atoms with E-state index in [1.165, 1.54) is 6.92 Å². The third-order valence-corrected chi connectivity index (χ3v) is 1.78. The van der Waals surface area contributed by atoms with Crippen LogP contribution in [0.3, 0.4) is 0 Å². The molecule has 0 saturated carbocycles. The fourth-order valence-electron chi connectivity index (χ4n) is 0.962. The Hall–Kier alpha value is -1.83. The van der Waals surface area contributed by atoms with Crippen molar-refractivity contribution in [2.75, 3.05) is 6.61 Å². The number of nitrogens with one attached hydrogen (secondary N) is 2. The van der Waals surface area contributed by atoms with E-state index in [0.29, 0.717) is 0 Å². The van der Waals surface area contributed by atoms with Gasteiger partial charge in [0, 0.05) is 13.0 Å². The molecule has 0 fully saturated rings. The van der Waals surface area contributed by atoms with Crippen LogP contribution in [0, 0.1) is 0 Å². The van der Waals surface area contributed by atoms with Gasteiger partial charge in [0.05, 0.1) is 0 Å². The number of rotatable bonds is 6. The van der Waals surface area contributed by atoms with Crippen molar-refractivity contribution in [1.29, 1.82) is 0 Å². The molecule has 0 spiro atoms. The predicted octanol–water partition coefficient (Wildman–Crippen LogP) is -2.00. The molecule has 0 radical (unpaired) electrons. The molecule has 2 unspecified atom stereocenters. The number of carbonyl (C=O) groups excluding carboxylic acids is 2. The largest absolute Gasteiger partial charge is 0.480 e. The minimum atomic E-state index is -1.26. The fourth-order valence-corrected chi connectivity index (χ4v) is 0.962. The van der Waals surface area contributed by atoms with Gasteiger partial charge in [-0.25, -0.2) is 9.59 Å². The highest BCUT2D eigenvalue weighted by atomic mass is 16.4. The molecule has 6 N–H and O–H groups in total. The molecule has 0 rings (SSSR count). The van der Waals surface area contributed by atoms with Gasteiger partial charge in [-0.15, -0.1) is 0 Å². The van der Waals surface area contributed by atoms with Crippen LogP contribution in [0.5, 0.6) is 0 Å². The zero-order chi connectivity index (χ0) is 12.7. The maximum atomic E-state index is 11.3. The average molecular weight is 233 g/mol. The number of aliphatic hydroxyl groups excluding tert-OH is 1. The fraction of sp³-hybridized carbons (Fsp3) is 0.625. The molecular formula is C8H15N3O5. The highest BCUT2D eigenvalue weighted by molar-refractivity contribution is 5.89. The number of carbonyl (C=O) groups is 3. The number of primary amides is 1. The second kappa shape index (κ2) is 6.62. The van der Waals surface area contributed by atoms with Crippen molar-refractivity contribution in [1.82, 2.24) is 10.6 Å². The van der Waals surface area contributed by atoms with E-state index in [9.17, 15) is 14.4 Å². The third kappa shape index (κ3) is 5.15. The number of nitrogens with two attached hydrogens (primary N) is 1. The van der Waals surface area contributed by atoms with Crippen LogP contribution < -0.4 is 16.4 Å². The number of carboxylic acids is 1. The zero-order valence-corrected chi connectivity index (χ0v) is 8.77. The summed E-state index contributed by atoms with van der Waals surface area (Å²) in [5.74, 6) is -1.94. The van der Waals surface area contributed by atoms with Crippen molar-refractivity contribution in [3.63, 3.8) is 0 Å². The van der Waals surface area contributed by atoms with E-state index in [0.717, 1.165) is 0 Å². The lowest BCUT2D eigenvalue weighted by molar-refractivity contribution is -0.142. The van der Waals surface area contributed by atoms with Crippen LogP contribution in [0.4, 0.5) is 4.79 Å². The van der Waals surface area contributed by atoms with Crippen LogP contribution in [0.1, 0.15) is 13.3 Å². The molecule has 2 atom stereocenters. The molecule has 0 aliphatic rings. The topological polar surface area (TPSA) is 142 Å². The minimum absolute atomic E-state index is 0.107. The van der Waals surface area contributed by atoms with E-state index >= 15 is 0 Å². The number of amides is 3. The molecule has 3 amide bonds. The Morgan fingerprint density at radius 1 is 1.31 bits per heavy atom. The van der Waals surface area contributed by atoms with Gasteiger partial charge in [-0.1, -0.05) is 0 Å².